The van der Waals surface area contributed by atoms with E-state index in [1.165, 1.54) is 12.4 Å². The summed E-state index contributed by atoms with van der Waals surface area (Å²) in [5.41, 5.74) is 1.79. The maximum absolute atomic E-state index is 12.0. The van der Waals surface area contributed by atoms with E-state index in [0.717, 1.165) is 11.8 Å². The summed E-state index contributed by atoms with van der Waals surface area (Å²) in [6, 6.07) is 10.9. The average Bonchev–Trinajstić information content (AvgIpc) is 2.86. The number of ether oxygens (including phenoxy) is 2. The molecule has 0 radical (unpaired) electrons. The number of carbonyl (C=O) groups is 1. The molecule has 0 spiro atoms. The number of fused-ring (bicyclic) bond motifs is 3. The van der Waals surface area contributed by atoms with Crippen molar-refractivity contribution >= 4 is 39.9 Å². The molecule has 3 aliphatic rings. The monoisotopic (exact) mass is 475 g/mol. The molecule has 34 heavy (non-hydrogen) atoms. The molecular weight excluding hydrogens is 454 g/mol. The quantitative estimate of drug-likeness (QED) is 0.530. The first-order valence-electron chi connectivity index (χ1n) is 10.9. The minimum Gasteiger partial charge on any atom is -0.493 e. The fourth-order valence-corrected chi connectivity index (χ4v) is 4.95. The molecule has 2 aromatic carbocycles. The number of halogens is 1. The predicted octanol–water partition coefficient (Wildman–Crippen LogP) is 4.32. The lowest BCUT2D eigenvalue weighted by molar-refractivity contribution is -0.142. The van der Waals surface area contributed by atoms with Crippen LogP contribution in [0.5, 0.6) is 11.5 Å². The van der Waals surface area contributed by atoms with E-state index in [-0.39, 0.29) is 23.8 Å². The van der Waals surface area contributed by atoms with Crippen molar-refractivity contribution in [2.45, 2.75) is 12.5 Å². The fourth-order valence-electron chi connectivity index (χ4n) is 4.73. The van der Waals surface area contributed by atoms with Crippen molar-refractivity contribution in [1.82, 2.24) is 14.9 Å². The van der Waals surface area contributed by atoms with Gasteiger partial charge in [0.2, 0.25) is 5.91 Å². The summed E-state index contributed by atoms with van der Waals surface area (Å²) < 4.78 is 12.0. The Morgan fingerprint density at radius 1 is 1.26 bits per heavy atom. The Balaban J connectivity index is 1.43. The number of aromatic nitrogens is 2. The summed E-state index contributed by atoms with van der Waals surface area (Å²) in [5, 5.41) is 13.5. The van der Waals surface area contributed by atoms with Crippen molar-refractivity contribution in [3.8, 4) is 17.6 Å². The highest BCUT2D eigenvalue weighted by molar-refractivity contribution is 6.32. The molecule has 2 saturated heterocycles. The second kappa shape index (κ2) is 8.84. The van der Waals surface area contributed by atoms with E-state index in [0.29, 0.717) is 52.2 Å². The van der Waals surface area contributed by atoms with Crippen molar-refractivity contribution in [3.63, 3.8) is 0 Å². The highest BCUT2D eigenvalue weighted by atomic mass is 35.5. The van der Waals surface area contributed by atoms with Crippen LogP contribution in [0.25, 0.3) is 10.9 Å². The number of nitrogens with zero attached hydrogens (tertiary/aromatic N) is 4. The van der Waals surface area contributed by atoms with Crippen molar-refractivity contribution < 1.29 is 14.3 Å². The number of piperidine rings is 2. The zero-order valence-electron chi connectivity index (χ0n) is 18.5. The van der Waals surface area contributed by atoms with Crippen molar-refractivity contribution in [3.05, 3.63) is 59.9 Å². The van der Waals surface area contributed by atoms with Gasteiger partial charge in [0.25, 0.3) is 0 Å². The predicted molar refractivity (Wildman–Crippen MR) is 128 cm³/mol. The number of amides is 1. The van der Waals surface area contributed by atoms with Gasteiger partial charge in [0.1, 0.15) is 24.3 Å². The lowest BCUT2D eigenvalue weighted by Gasteiger charge is -2.52. The standard InChI is InChI=1S/C25H22ClN5O3/c1-3-23(32)31-11-15-6-16(12-31)24(15)34-22-8-18-20(9-21(22)33-2)28-13-29-25(18)30-17-5-4-14(10-27)19(26)7-17/h3-5,7-9,13,15-16,24H,1,6,11-12H2,2H3,(H,28,29,30). The molecule has 1 saturated carbocycles. The highest BCUT2D eigenvalue weighted by Crippen LogP contribution is 2.45. The molecule has 1 aliphatic carbocycles. The van der Waals surface area contributed by atoms with Crippen molar-refractivity contribution in [2.75, 3.05) is 25.5 Å². The largest absolute Gasteiger partial charge is 0.493 e. The molecule has 1 aromatic heterocycles. The maximum Gasteiger partial charge on any atom is 0.245 e. The summed E-state index contributed by atoms with van der Waals surface area (Å²) in [5.74, 6) is 2.28. The van der Waals surface area contributed by atoms with Gasteiger partial charge in [-0.3, -0.25) is 4.79 Å². The second-order valence-corrected chi connectivity index (χ2v) is 8.87. The van der Waals surface area contributed by atoms with Crippen LogP contribution in [-0.2, 0) is 4.79 Å². The number of carbonyl (C=O) groups excluding carboxylic acids is 1. The third kappa shape index (κ3) is 3.88. The highest BCUT2D eigenvalue weighted by Gasteiger charge is 2.49. The van der Waals surface area contributed by atoms with Crippen LogP contribution in [0.3, 0.4) is 0 Å². The Morgan fingerprint density at radius 2 is 2.06 bits per heavy atom. The molecule has 2 atom stereocenters. The van der Waals surface area contributed by atoms with Gasteiger partial charge in [0, 0.05) is 42.1 Å². The average molecular weight is 476 g/mol. The van der Waals surface area contributed by atoms with Crippen molar-refractivity contribution in [1.29, 1.82) is 5.26 Å². The topological polar surface area (TPSA) is 100 Å². The molecule has 3 aromatic rings. The van der Waals surface area contributed by atoms with E-state index in [1.54, 1.807) is 25.3 Å². The van der Waals surface area contributed by atoms with Gasteiger partial charge in [-0.15, -0.1) is 0 Å². The summed E-state index contributed by atoms with van der Waals surface area (Å²) in [6.45, 7) is 4.92. The molecular formula is C25H22ClN5O3. The molecule has 2 unspecified atom stereocenters. The molecule has 2 aliphatic heterocycles. The Morgan fingerprint density at radius 3 is 2.74 bits per heavy atom. The lowest BCUT2D eigenvalue weighted by atomic mass is 9.68. The smallest absolute Gasteiger partial charge is 0.245 e. The van der Waals surface area contributed by atoms with Gasteiger partial charge in [0.15, 0.2) is 11.5 Å². The zero-order valence-corrected chi connectivity index (χ0v) is 19.2. The Labute approximate surface area is 201 Å². The van der Waals surface area contributed by atoms with Gasteiger partial charge >= 0.3 is 0 Å². The normalized spacial score (nSPS) is 20.7. The van der Waals surface area contributed by atoms with E-state index >= 15 is 0 Å². The number of nitrogens with one attached hydrogen (secondary N) is 1. The summed E-state index contributed by atoms with van der Waals surface area (Å²) >= 11 is 6.18. The van der Waals surface area contributed by atoms with Gasteiger partial charge in [-0.05, 0) is 36.8 Å². The number of hydrogen-bond donors (Lipinski definition) is 1. The molecule has 2 bridgehead atoms. The molecule has 3 fully saturated rings. The van der Waals surface area contributed by atoms with Crippen LogP contribution in [0.1, 0.15) is 12.0 Å². The van der Waals surface area contributed by atoms with Crippen LogP contribution in [0.15, 0.2) is 49.3 Å². The Kier molecular flexibility index (Phi) is 5.72. The number of benzene rings is 2. The second-order valence-electron chi connectivity index (χ2n) is 8.46. The summed E-state index contributed by atoms with van der Waals surface area (Å²) in [4.78, 5) is 22.6. The molecule has 1 amide bonds. The van der Waals surface area contributed by atoms with Gasteiger partial charge in [-0.1, -0.05) is 18.2 Å². The number of nitriles is 1. The fraction of sp³-hybridized carbons (Fsp3) is 0.280. The van der Waals surface area contributed by atoms with Crippen LogP contribution < -0.4 is 14.8 Å². The first-order chi connectivity index (χ1) is 16.5. The van der Waals surface area contributed by atoms with Gasteiger partial charge in [-0.2, -0.15) is 5.26 Å². The Bertz CT molecular complexity index is 1330. The van der Waals surface area contributed by atoms with E-state index in [4.69, 9.17) is 26.3 Å². The van der Waals surface area contributed by atoms with Gasteiger partial charge < -0.3 is 19.7 Å². The molecule has 6 rings (SSSR count). The number of methoxy groups -OCH3 is 1. The third-order valence-corrected chi connectivity index (χ3v) is 6.78. The molecule has 8 nitrogen and oxygen atoms in total. The maximum atomic E-state index is 12.0. The SMILES string of the molecule is C=CC(=O)N1CC2CC(C1)C2Oc1cc2c(Nc3ccc(C#N)c(Cl)c3)ncnc2cc1OC. The number of anilines is 2. The van der Waals surface area contributed by atoms with Crippen LogP contribution >= 0.6 is 11.6 Å². The first kappa shape index (κ1) is 22.0. The van der Waals surface area contributed by atoms with Crippen LogP contribution in [0.4, 0.5) is 11.5 Å². The van der Waals surface area contributed by atoms with Crippen LogP contribution in [0, 0.1) is 23.2 Å². The molecule has 172 valence electrons. The molecule has 9 heteroatoms. The van der Waals surface area contributed by atoms with E-state index in [9.17, 15) is 4.79 Å². The molecule has 3 heterocycles. The minimum atomic E-state index is -0.0350. The Hall–Kier alpha value is -3.83. The third-order valence-electron chi connectivity index (χ3n) is 6.47. The van der Waals surface area contributed by atoms with Gasteiger partial charge in [0.05, 0.1) is 23.2 Å². The van der Waals surface area contributed by atoms with E-state index < -0.39 is 0 Å². The first-order valence-corrected chi connectivity index (χ1v) is 11.3. The van der Waals surface area contributed by atoms with Crippen LogP contribution in [0.2, 0.25) is 5.02 Å². The number of hydrogen-bond acceptors (Lipinski definition) is 7. The lowest BCUT2D eigenvalue weighted by Crippen LogP contribution is -2.61. The van der Waals surface area contributed by atoms with Gasteiger partial charge in [-0.25, -0.2) is 9.97 Å². The molecule has 1 N–H and O–H groups in total. The minimum absolute atomic E-state index is 0.0126. The van der Waals surface area contributed by atoms with E-state index in [2.05, 4.69) is 27.9 Å². The van der Waals surface area contributed by atoms with Crippen LogP contribution in [-0.4, -0.2) is 47.1 Å². The number of rotatable bonds is 6. The summed E-state index contributed by atoms with van der Waals surface area (Å²) in [6.07, 6.45) is 3.88. The van der Waals surface area contributed by atoms with E-state index in [1.807, 2.05) is 17.0 Å². The van der Waals surface area contributed by atoms with Crippen molar-refractivity contribution in [2.24, 2.45) is 11.8 Å². The zero-order chi connectivity index (χ0) is 23.8. The summed E-state index contributed by atoms with van der Waals surface area (Å²) in [7, 11) is 1.60.